The van der Waals surface area contributed by atoms with Crippen LogP contribution >= 0.6 is 0 Å². The average Bonchev–Trinajstić information content (AvgIpc) is 3.81. The van der Waals surface area contributed by atoms with Crippen LogP contribution in [-0.2, 0) is 5.41 Å². The number of fused-ring (bicyclic) bond motifs is 9. The van der Waals surface area contributed by atoms with Gasteiger partial charge in [0.15, 0.2) is 0 Å². The number of nitrogens with zero attached hydrogens (tertiary/aromatic N) is 2. The maximum atomic E-state index is 2.45. The Labute approximate surface area is 315 Å². The number of rotatable bonds is 4. The fraction of sp³-hybridized carbons (Fsp3) is 0.0769. The zero-order chi connectivity index (χ0) is 36.1. The molecule has 0 radical (unpaired) electrons. The van der Waals surface area contributed by atoms with Crippen molar-refractivity contribution in [1.82, 2.24) is 9.13 Å². The summed E-state index contributed by atoms with van der Waals surface area (Å²) in [6.07, 6.45) is 0. The third-order valence-corrected chi connectivity index (χ3v) is 12.0. The van der Waals surface area contributed by atoms with Gasteiger partial charge in [-0.1, -0.05) is 135 Å². The highest BCUT2D eigenvalue weighted by atomic mass is 15.0. The van der Waals surface area contributed by atoms with Gasteiger partial charge in [-0.3, -0.25) is 0 Å². The van der Waals surface area contributed by atoms with Crippen molar-refractivity contribution in [1.29, 1.82) is 0 Å². The van der Waals surface area contributed by atoms with Crippen LogP contribution in [0.2, 0.25) is 0 Å². The van der Waals surface area contributed by atoms with Crippen molar-refractivity contribution in [2.24, 2.45) is 0 Å². The van der Waals surface area contributed by atoms with Crippen LogP contribution in [0.5, 0.6) is 0 Å². The quantitative estimate of drug-likeness (QED) is 0.174. The molecule has 0 amide bonds. The number of benzene rings is 8. The van der Waals surface area contributed by atoms with Crippen molar-refractivity contribution in [3.63, 3.8) is 0 Å². The number of para-hydroxylation sites is 2. The Balaban J connectivity index is 1.03. The lowest BCUT2D eigenvalue weighted by atomic mass is 9.82. The first-order valence-electron chi connectivity index (χ1n) is 18.9. The van der Waals surface area contributed by atoms with E-state index in [1.807, 2.05) is 0 Å². The molecule has 0 saturated heterocycles. The molecule has 1 aliphatic rings. The smallest absolute Gasteiger partial charge is 0.0541 e. The van der Waals surface area contributed by atoms with E-state index in [-0.39, 0.29) is 5.41 Å². The van der Waals surface area contributed by atoms with Gasteiger partial charge in [-0.15, -0.1) is 0 Å². The Kier molecular flexibility index (Phi) is 6.55. The Morgan fingerprint density at radius 3 is 1.44 bits per heavy atom. The first-order valence-corrected chi connectivity index (χ1v) is 18.9. The molecule has 0 bridgehead atoms. The molecule has 0 fully saturated rings. The van der Waals surface area contributed by atoms with Crippen LogP contribution in [0.15, 0.2) is 176 Å². The van der Waals surface area contributed by atoms with Gasteiger partial charge < -0.3 is 9.13 Å². The van der Waals surface area contributed by atoms with Crippen molar-refractivity contribution < 1.29 is 0 Å². The number of hydrogen-bond acceptors (Lipinski definition) is 0. The minimum Gasteiger partial charge on any atom is -0.309 e. The summed E-state index contributed by atoms with van der Waals surface area (Å²) in [6, 6.07) is 65.3. The van der Waals surface area contributed by atoms with E-state index in [4.69, 9.17) is 0 Å². The molecule has 1 aliphatic carbocycles. The van der Waals surface area contributed by atoms with Crippen LogP contribution in [0.1, 0.15) is 30.5 Å². The Hall–Kier alpha value is -6.64. The molecule has 2 nitrogen and oxygen atoms in total. The molecule has 8 aromatic carbocycles. The predicted octanol–water partition coefficient (Wildman–Crippen LogP) is 13.8. The molecule has 0 spiro atoms. The van der Waals surface area contributed by atoms with Gasteiger partial charge in [0.1, 0.15) is 0 Å². The normalized spacial score (nSPS) is 13.2. The summed E-state index contributed by atoms with van der Waals surface area (Å²) in [7, 11) is 0. The summed E-state index contributed by atoms with van der Waals surface area (Å²) in [4.78, 5) is 0. The van der Waals surface area contributed by atoms with Crippen LogP contribution in [0.4, 0.5) is 0 Å². The fourth-order valence-corrected chi connectivity index (χ4v) is 9.24. The van der Waals surface area contributed by atoms with Crippen molar-refractivity contribution in [2.75, 3.05) is 0 Å². The molecule has 2 heteroatoms. The summed E-state index contributed by atoms with van der Waals surface area (Å²) in [5.74, 6) is 0. The number of aromatic nitrogens is 2. The van der Waals surface area contributed by atoms with E-state index in [1.165, 1.54) is 99.4 Å². The topological polar surface area (TPSA) is 9.86 Å². The van der Waals surface area contributed by atoms with E-state index in [2.05, 4.69) is 206 Å². The largest absolute Gasteiger partial charge is 0.309 e. The Morgan fingerprint density at radius 1 is 0.352 bits per heavy atom. The lowest BCUT2D eigenvalue weighted by Gasteiger charge is -2.22. The second-order valence-corrected chi connectivity index (χ2v) is 15.5. The van der Waals surface area contributed by atoms with Gasteiger partial charge in [-0.05, 0) is 112 Å². The molecule has 0 N–H and O–H groups in total. The van der Waals surface area contributed by atoms with Gasteiger partial charge in [0.25, 0.3) is 0 Å². The molecule has 54 heavy (non-hydrogen) atoms. The predicted molar refractivity (Wildman–Crippen MR) is 228 cm³/mol. The Morgan fingerprint density at radius 2 is 0.815 bits per heavy atom. The van der Waals surface area contributed by atoms with Crippen LogP contribution < -0.4 is 0 Å². The van der Waals surface area contributed by atoms with E-state index in [0.717, 1.165) is 5.69 Å². The van der Waals surface area contributed by atoms with Crippen molar-refractivity contribution in [3.05, 3.63) is 193 Å². The van der Waals surface area contributed by atoms with Crippen LogP contribution in [0.3, 0.4) is 0 Å². The maximum Gasteiger partial charge on any atom is 0.0541 e. The fourth-order valence-electron chi connectivity index (χ4n) is 9.24. The third kappa shape index (κ3) is 4.47. The third-order valence-electron chi connectivity index (χ3n) is 12.0. The summed E-state index contributed by atoms with van der Waals surface area (Å²) >= 11 is 0. The monoisotopic (exact) mass is 690 g/mol. The molecule has 0 aliphatic heterocycles. The molecule has 11 rings (SSSR count). The van der Waals surface area contributed by atoms with Gasteiger partial charge >= 0.3 is 0 Å². The van der Waals surface area contributed by atoms with Crippen molar-refractivity contribution in [3.8, 4) is 44.8 Å². The number of aryl methyl sites for hydroxylation is 1. The lowest BCUT2D eigenvalue weighted by molar-refractivity contribution is 0.660. The molecule has 0 saturated carbocycles. The van der Waals surface area contributed by atoms with E-state index in [9.17, 15) is 0 Å². The summed E-state index contributed by atoms with van der Waals surface area (Å²) in [5.41, 5.74) is 18.9. The van der Waals surface area contributed by atoms with Gasteiger partial charge in [0.2, 0.25) is 0 Å². The van der Waals surface area contributed by atoms with Gasteiger partial charge in [-0.2, -0.15) is 0 Å². The first-order chi connectivity index (χ1) is 26.4. The number of hydrogen-bond donors (Lipinski definition) is 0. The van der Waals surface area contributed by atoms with E-state index in [1.54, 1.807) is 0 Å². The zero-order valence-corrected chi connectivity index (χ0v) is 30.6. The minimum absolute atomic E-state index is 0.0550. The lowest BCUT2D eigenvalue weighted by Crippen LogP contribution is -2.15. The summed E-state index contributed by atoms with van der Waals surface area (Å²) in [5, 5.41) is 5.05. The molecule has 0 unspecified atom stereocenters. The maximum absolute atomic E-state index is 2.45. The summed E-state index contributed by atoms with van der Waals surface area (Å²) in [6.45, 7) is 6.85. The average molecular weight is 691 g/mol. The second kappa shape index (κ2) is 11.4. The van der Waals surface area contributed by atoms with E-state index >= 15 is 0 Å². The Bertz CT molecular complexity index is 3110. The molecular formula is C52H38N2. The van der Waals surface area contributed by atoms with Gasteiger partial charge in [0, 0.05) is 38.3 Å². The zero-order valence-electron chi connectivity index (χ0n) is 30.6. The first kappa shape index (κ1) is 30.9. The van der Waals surface area contributed by atoms with E-state index < -0.39 is 0 Å². The highest BCUT2D eigenvalue weighted by Gasteiger charge is 2.35. The van der Waals surface area contributed by atoms with Gasteiger partial charge in [-0.25, -0.2) is 0 Å². The van der Waals surface area contributed by atoms with Crippen molar-refractivity contribution >= 4 is 43.6 Å². The molecular weight excluding hydrogens is 653 g/mol. The molecule has 10 aromatic rings. The molecule has 256 valence electrons. The van der Waals surface area contributed by atoms with Crippen molar-refractivity contribution in [2.45, 2.75) is 26.2 Å². The molecule has 2 aromatic heterocycles. The molecule has 2 heterocycles. The summed E-state index contributed by atoms with van der Waals surface area (Å²) < 4.78 is 4.86. The highest BCUT2D eigenvalue weighted by molar-refractivity contribution is 6.12. The van der Waals surface area contributed by atoms with Crippen LogP contribution in [0, 0.1) is 6.92 Å². The minimum atomic E-state index is -0.0550. The highest BCUT2D eigenvalue weighted by Crippen LogP contribution is 2.49. The second-order valence-electron chi connectivity index (χ2n) is 15.5. The van der Waals surface area contributed by atoms with E-state index in [0.29, 0.717) is 0 Å². The standard InChI is InChI=1S/C52H38N2/c1-33-16-18-34(19-17-33)35-20-24-38(25-21-35)53-48-14-8-5-11-42(48)44-30-36(22-28-50(44)53)37-23-29-51-45(31-37)43-12-6-9-15-49(43)54(51)39-26-27-41-40-10-4-7-13-46(40)52(2,3)47(41)32-39/h4-32H,1-3H3. The van der Waals surface area contributed by atoms with Crippen LogP contribution in [-0.4, -0.2) is 9.13 Å². The SMILES string of the molecule is Cc1ccc(-c2ccc(-n3c4ccccc4c4cc(-c5ccc6c(c5)c5ccccc5n6-c5ccc6c(c5)C(C)(C)c5ccccc5-6)ccc43)cc2)cc1. The van der Waals surface area contributed by atoms with Crippen LogP contribution in [0.25, 0.3) is 88.4 Å². The molecule has 0 atom stereocenters. The van der Waals surface area contributed by atoms with Gasteiger partial charge in [0.05, 0.1) is 22.1 Å².